The van der Waals surface area contributed by atoms with Crippen molar-refractivity contribution in [2.75, 3.05) is 10.6 Å². The normalized spacial score (nSPS) is 11.8. The number of rotatable bonds is 9. The molecule has 0 radical (unpaired) electrons. The van der Waals surface area contributed by atoms with Gasteiger partial charge in [-0.25, -0.2) is 0 Å². The Morgan fingerprint density at radius 2 is 1.41 bits per heavy atom. The summed E-state index contributed by atoms with van der Waals surface area (Å²) in [4.78, 5) is 39.6. The van der Waals surface area contributed by atoms with Gasteiger partial charge >= 0.3 is 0 Å². The number of hydrogen-bond donors (Lipinski definition) is 3. The average molecular weight is 536 g/mol. The lowest BCUT2D eigenvalue weighted by Crippen LogP contribution is -2.30. The second-order valence-electron chi connectivity index (χ2n) is 8.89. The number of thioether (sulfide) groups is 1. The molecule has 4 rings (SSSR count). The Bertz CT molecular complexity index is 1470. The van der Waals surface area contributed by atoms with E-state index in [0.717, 1.165) is 21.7 Å². The van der Waals surface area contributed by atoms with Gasteiger partial charge in [-0.1, -0.05) is 72.3 Å². The van der Waals surface area contributed by atoms with Crippen LogP contribution in [-0.2, 0) is 9.59 Å². The molecule has 0 saturated heterocycles. The number of hydrogen-bond acceptors (Lipinski definition) is 4. The Morgan fingerprint density at radius 1 is 0.744 bits per heavy atom. The minimum Gasteiger partial charge on any atom is -0.325 e. The number of aryl methyl sites for hydroxylation is 1. The number of amides is 3. The largest absolute Gasteiger partial charge is 0.325 e. The minimum atomic E-state index is -0.463. The molecule has 0 aliphatic carbocycles. The smallest absolute Gasteiger partial charge is 0.272 e. The first kappa shape index (κ1) is 27.4. The third kappa shape index (κ3) is 8.18. The second kappa shape index (κ2) is 13.3. The fourth-order valence-electron chi connectivity index (χ4n) is 3.64. The zero-order valence-electron chi connectivity index (χ0n) is 21.7. The summed E-state index contributed by atoms with van der Waals surface area (Å²) in [5, 5.41) is 8.18. The summed E-state index contributed by atoms with van der Waals surface area (Å²) in [6.07, 6.45) is 1.63. The fraction of sp³-hybridized carbons (Fsp3) is 0.0938. The van der Waals surface area contributed by atoms with Crippen LogP contribution in [0.1, 0.15) is 28.4 Å². The van der Waals surface area contributed by atoms with Crippen LogP contribution in [-0.4, -0.2) is 23.0 Å². The van der Waals surface area contributed by atoms with Crippen molar-refractivity contribution >= 4 is 46.9 Å². The van der Waals surface area contributed by atoms with Crippen molar-refractivity contribution in [2.45, 2.75) is 24.0 Å². The van der Waals surface area contributed by atoms with Crippen LogP contribution < -0.4 is 16.0 Å². The molecule has 0 aromatic heterocycles. The summed E-state index contributed by atoms with van der Waals surface area (Å²) < 4.78 is 0. The van der Waals surface area contributed by atoms with Crippen LogP contribution in [0.4, 0.5) is 11.4 Å². The summed E-state index contributed by atoms with van der Waals surface area (Å²) in [6, 6.07) is 32.9. The number of carbonyl (C=O) groups excluding carboxylic acids is 3. The molecule has 3 amide bonds. The van der Waals surface area contributed by atoms with E-state index in [4.69, 9.17) is 0 Å². The molecule has 39 heavy (non-hydrogen) atoms. The van der Waals surface area contributed by atoms with E-state index in [1.807, 2.05) is 86.6 Å². The van der Waals surface area contributed by atoms with Crippen LogP contribution in [0.3, 0.4) is 0 Å². The monoisotopic (exact) mass is 535 g/mol. The molecule has 4 aromatic rings. The first-order valence-corrected chi connectivity index (χ1v) is 13.3. The number of anilines is 2. The molecule has 7 heteroatoms. The van der Waals surface area contributed by atoms with Gasteiger partial charge in [0.05, 0.1) is 5.25 Å². The maximum atomic E-state index is 13.3. The van der Waals surface area contributed by atoms with Crippen molar-refractivity contribution in [1.82, 2.24) is 5.32 Å². The van der Waals surface area contributed by atoms with E-state index in [2.05, 4.69) is 16.0 Å². The minimum absolute atomic E-state index is 0.110. The van der Waals surface area contributed by atoms with Crippen LogP contribution in [0.2, 0.25) is 0 Å². The molecule has 0 aliphatic heterocycles. The lowest BCUT2D eigenvalue weighted by atomic mass is 10.1. The zero-order valence-corrected chi connectivity index (χ0v) is 22.5. The number of benzene rings is 4. The molecule has 0 fully saturated rings. The molecule has 196 valence electrons. The van der Waals surface area contributed by atoms with Crippen molar-refractivity contribution in [3.8, 4) is 0 Å². The third-order valence-electron chi connectivity index (χ3n) is 5.73. The molecule has 1 atom stereocenters. The average Bonchev–Trinajstić information content (AvgIpc) is 2.95. The van der Waals surface area contributed by atoms with Crippen LogP contribution in [0.25, 0.3) is 6.08 Å². The maximum Gasteiger partial charge on any atom is 0.272 e. The van der Waals surface area contributed by atoms with Crippen LogP contribution in [0, 0.1) is 6.92 Å². The fourth-order valence-corrected chi connectivity index (χ4v) is 4.57. The van der Waals surface area contributed by atoms with E-state index in [1.165, 1.54) is 11.8 Å². The Labute approximate surface area is 232 Å². The Balaban J connectivity index is 1.45. The highest BCUT2D eigenvalue weighted by Gasteiger charge is 2.17. The molecule has 4 aromatic carbocycles. The van der Waals surface area contributed by atoms with E-state index in [-0.39, 0.29) is 22.8 Å². The molecule has 0 bridgehead atoms. The van der Waals surface area contributed by atoms with Crippen molar-refractivity contribution < 1.29 is 14.4 Å². The van der Waals surface area contributed by atoms with E-state index in [9.17, 15) is 14.4 Å². The summed E-state index contributed by atoms with van der Waals surface area (Å²) >= 11 is 1.39. The van der Waals surface area contributed by atoms with Gasteiger partial charge < -0.3 is 16.0 Å². The summed E-state index contributed by atoms with van der Waals surface area (Å²) in [5.41, 5.74) is 3.74. The second-order valence-corrected chi connectivity index (χ2v) is 10.3. The van der Waals surface area contributed by atoms with E-state index < -0.39 is 5.91 Å². The van der Waals surface area contributed by atoms with Gasteiger partial charge in [0.2, 0.25) is 5.91 Å². The molecule has 1 unspecified atom stereocenters. The third-order valence-corrected chi connectivity index (χ3v) is 6.83. The molecule has 6 nitrogen and oxygen atoms in total. The van der Waals surface area contributed by atoms with Crippen LogP contribution in [0.5, 0.6) is 0 Å². The Hall–Kier alpha value is -4.62. The van der Waals surface area contributed by atoms with Crippen molar-refractivity contribution in [1.29, 1.82) is 0 Å². The van der Waals surface area contributed by atoms with Gasteiger partial charge in [-0.2, -0.15) is 0 Å². The van der Waals surface area contributed by atoms with E-state index in [1.54, 1.807) is 42.5 Å². The lowest BCUT2D eigenvalue weighted by molar-refractivity contribution is -0.115. The highest BCUT2D eigenvalue weighted by atomic mass is 32.2. The molecule has 0 aliphatic rings. The van der Waals surface area contributed by atoms with Gasteiger partial charge in [0.1, 0.15) is 5.70 Å². The quantitative estimate of drug-likeness (QED) is 0.168. The lowest BCUT2D eigenvalue weighted by Gasteiger charge is -2.14. The van der Waals surface area contributed by atoms with Gasteiger partial charge in [-0.15, -0.1) is 11.8 Å². The standard InChI is InChI=1S/C32H29N3O3S/c1-22-16-18-26(19-17-22)33-30(36)23(2)39-28-15-9-14-27(21-28)34-32(38)29(20-24-10-5-3-6-11-24)35-31(37)25-12-7-4-8-13-25/h3-21,23H,1-2H3,(H,33,36)(H,34,38)(H,35,37)/b29-20-. The van der Waals surface area contributed by atoms with Crippen molar-refractivity contribution in [3.63, 3.8) is 0 Å². The molecule has 3 N–H and O–H groups in total. The predicted octanol–water partition coefficient (Wildman–Crippen LogP) is 6.52. The maximum absolute atomic E-state index is 13.3. The van der Waals surface area contributed by atoms with Gasteiger partial charge in [0, 0.05) is 21.8 Å². The summed E-state index contributed by atoms with van der Waals surface area (Å²) in [5.74, 6) is -0.962. The molecule has 0 saturated carbocycles. The van der Waals surface area contributed by atoms with Gasteiger partial charge in [-0.3, -0.25) is 14.4 Å². The number of nitrogens with one attached hydrogen (secondary N) is 3. The van der Waals surface area contributed by atoms with E-state index in [0.29, 0.717) is 11.3 Å². The molecular weight excluding hydrogens is 506 g/mol. The molecular formula is C32H29N3O3S. The number of carbonyl (C=O) groups is 3. The highest BCUT2D eigenvalue weighted by molar-refractivity contribution is 8.00. The van der Waals surface area contributed by atoms with E-state index >= 15 is 0 Å². The predicted molar refractivity (Wildman–Crippen MR) is 159 cm³/mol. The summed E-state index contributed by atoms with van der Waals surface area (Å²) in [7, 11) is 0. The van der Waals surface area contributed by atoms with Gasteiger partial charge in [-0.05, 0) is 68.0 Å². The topological polar surface area (TPSA) is 87.3 Å². The Morgan fingerprint density at radius 3 is 2.10 bits per heavy atom. The first-order chi connectivity index (χ1) is 18.9. The van der Waals surface area contributed by atoms with Crippen LogP contribution >= 0.6 is 11.8 Å². The summed E-state index contributed by atoms with van der Waals surface area (Å²) in [6.45, 7) is 3.83. The SMILES string of the molecule is Cc1ccc(NC(=O)C(C)Sc2cccc(NC(=O)/C(=C/c3ccccc3)NC(=O)c3ccccc3)c2)cc1. The zero-order chi connectivity index (χ0) is 27.6. The van der Waals surface area contributed by atoms with Crippen molar-refractivity contribution in [3.05, 3.63) is 132 Å². The van der Waals surface area contributed by atoms with Gasteiger partial charge in [0.15, 0.2) is 0 Å². The first-order valence-electron chi connectivity index (χ1n) is 12.5. The molecule has 0 spiro atoms. The Kier molecular flexibility index (Phi) is 9.32. The van der Waals surface area contributed by atoms with Crippen molar-refractivity contribution in [2.24, 2.45) is 0 Å². The highest BCUT2D eigenvalue weighted by Crippen LogP contribution is 2.27. The molecule has 0 heterocycles. The van der Waals surface area contributed by atoms with Crippen LogP contribution in [0.15, 0.2) is 120 Å². The van der Waals surface area contributed by atoms with Gasteiger partial charge in [0.25, 0.3) is 11.8 Å².